The summed E-state index contributed by atoms with van der Waals surface area (Å²) in [7, 11) is 0. The molecule has 0 spiro atoms. The summed E-state index contributed by atoms with van der Waals surface area (Å²) in [6.07, 6.45) is -0.699. The van der Waals surface area contributed by atoms with E-state index in [-0.39, 0.29) is 12.5 Å². The van der Waals surface area contributed by atoms with Crippen LogP contribution in [-0.4, -0.2) is 23.6 Å². The summed E-state index contributed by atoms with van der Waals surface area (Å²) < 4.78 is 12.3. The zero-order valence-electron chi connectivity index (χ0n) is 12.9. The molecule has 126 valence electrons. The van der Waals surface area contributed by atoms with Gasteiger partial charge in [-0.2, -0.15) is 0 Å². The predicted octanol–water partition coefficient (Wildman–Crippen LogP) is 4.35. The molecule has 7 heteroatoms. The normalized spacial score (nSPS) is 15.6. The molecule has 0 saturated heterocycles. The SMILES string of the molecule is O=C(Nc1nc(-c2ccc(Br)cc2)cs1)C1COc2ccccc2O1. The third-order valence-electron chi connectivity index (χ3n) is 3.68. The second-order valence-corrected chi connectivity index (χ2v) is 7.17. The first-order valence-corrected chi connectivity index (χ1v) is 9.27. The lowest BCUT2D eigenvalue weighted by Crippen LogP contribution is -2.40. The Balaban J connectivity index is 1.44. The zero-order chi connectivity index (χ0) is 17.2. The standard InChI is InChI=1S/C18H13BrN2O3S/c19-12-7-5-11(6-8-12)13-10-25-18(20-13)21-17(22)16-9-23-14-3-1-2-4-15(14)24-16/h1-8,10,16H,9H2,(H,20,21,22). The quantitative estimate of drug-likeness (QED) is 0.689. The zero-order valence-corrected chi connectivity index (χ0v) is 15.3. The van der Waals surface area contributed by atoms with Gasteiger partial charge in [-0.1, -0.05) is 40.2 Å². The Morgan fingerprint density at radius 1 is 1.16 bits per heavy atom. The van der Waals surface area contributed by atoms with Gasteiger partial charge in [-0.05, 0) is 24.3 Å². The Hall–Kier alpha value is -2.38. The third-order valence-corrected chi connectivity index (χ3v) is 4.96. The third kappa shape index (κ3) is 3.52. The van der Waals surface area contributed by atoms with Crippen molar-refractivity contribution in [3.8, 4) is 22.8 Å². The van der Waals surface area contributed by atoms with Crippen molar-refractivity contribution in [1.29, 1.82) is 0 Å². The maximum absolute atomic E-state index is 12.4. The molecule has 1 aliphatic rings. The van der Waals surface area contributed by atoms with Crippen LogP contribution in [0.5, 0.6) is 11.5 Å². The number of halogens is 1. The molecule has 0 saturated carbocycles. The van der Waals surface area contributed by atoms with Crippen LogP contribution in [0.3, 0.4) is 0 Å². The number of rotatable bonds is 3. The molecule has 5 nitrogen and oxygen atoms in total. The van der Waals surface area contributed by atoms with Gasteiger partial charge in [0.05, 0.1) is 5.69 Å². The molecule has 1 aliphatic heterocycles. The van der Waals surface area contributed by atoms with E-state index in [4.69, 9.17) is 9.47 Å². The van der Waals surface area contributed by atoms with Crippen molar-refractivity contribution in [2.24, 2.45) is 0 Å². The van der Waals surface area contributed by atoms with Gasteiger partial charge in [-0.15, -0.1) is 11.3 Å². The molecule has 4 rings (SSSR count). The molecule has 1 amide bonds. The Bertz CT molecular complexity index is 911. The molecule has 2 aromatic carbocycles. The number of nitrogens with one attached hydrogen (secondary N) is 1. The first kappa shape index (κ1) is 16.1. The molecule has 25 heavy (non-hydrogen) atoms. The van der Waals surface area contributed by atoms with Crippen molar-refractivity contribution < 1.29 is 14.3 Å². The van der Waals surface area contributed by atoms with Gasteiger partial charge in [0.2, 0.25) is 6.10 Å². The molecule has 1 unspecified atom stereocenters. The number of fused-ring (bicyclic) bond motifs is 1. The summed E-state index contributed by atoms with van der Waals surface area (Å²) in [5, 5.41) is 5.24. The van der Waals surface area contributed by atoms with Gasteiger partial charge < -0.3 is 9.47 Å². The van der Waals surface area contributed by atoms with Crippen LogP contribution >= 0.6 is 27.3 Å². The Morgan fingerprint density at radius 3 is 2.72 bits per heavy atom. The van der Waals surface area contributed by atoms with E-state index in [9.17, 15) is 4.79 Å². The lowest BCUT2D eigenvalue weighted by atomic mass is 10.2. The monoisotopic (exact) mass is 416 g/mol. The average molecular weight is 417 g/mol. The maximum Gasteiger partial charge on any atom is 0.270 e. The predicted molar refractivity (Wildman–Crippen MR) is 100 cm³/mol. The number of anilines is 1. The number of aromatic nitrogens is 1. The van der Waals surface area contributed by atoms with E-state index >= 15 is 0 Å². The van der Waals surface area contributed by atoms with Crippen LogP contribution in [0.2, 0.25) is 0 Å². The fourth-order valence-corrected chi connectivity index (χ4v) is 3.41. The highest BCUT2D eigenvalue weighted by atomic mass is 79.9. The van der Waals surface area contributed by atoms with Gasteiger partial charge in [0.1, 0.15) is 6.61 Å². The minimum absolute atomic E-state index is 0.174. The number of amides is 1. The van der Waals surface area contributed by atoms with E-state index in [1.807, 2.05) is 47.8 Å². The molecule has 1 aromatic heterocycles. The summed E-state index contributed by atoms with van der Waals surface area (Å²) in [6.45, 7) is 0.174. The van der Waals surface area contributed by atoms with E-state index in [1.54, 1.807) is 6.07 Å². The van der Waals surface area contributed by atoms with Crippen LogP contribution in [0, 0.1) is 0 Å². The van der Waals surface area contributed by atoms with Gasteiger partial charge in [0.25, 0.3) is 5.91 Å². The second kappa shape index (κ2) is 6.85. The summed E-state index contributed by atoms with van der Waals surface area (Å²) >= 11 is 4.79. The fourth-order valence-electron chi connectivity index (χ4n) is 2.42. The van der Waals surface area contributed by atoms with Gasteiger partial charge in [-0.25, -0.2) is 4.98 Å². The molecule has 1 N–H and O–H groups in total. The molecular formula is C18H13BrN2O3S. The second-order valence-electron chi connectivity index (χ2n) is 5.40. The number of hydrogen-bond acceptors (Lipinski definition) is 5. The number of thiazole rings is 1. The summed E-state index contributed by atoms with van der Waals surface area (Å²) in [5.41, 5.74) is 1.81. The van der Waals surface area contributed by atoms with Gasteiger partial charge in [-0.3, -0.25) is 10.1 Å². The Labute approximate surface area is 156 Å². The lowest BCUT2D eigenvalue weighted by Gasteiger charge is -2.25. The number of carbonyl (C=O) groups excluding carboxylic acids is 1. The fraction of sp³-hybridized carbons (Fsp3) is 0.111. The van der Waals surface area contributed by atoms with Gasteiger partial charge >= 0.3 is 0 Å². The summed E-state index contributed by atoms with van der Waals surface area (Å²) in [4.78, 5) is 16.9. The molecule has 0 radical (unpaired) electrons. The van der Waals surface area contributed by atoms with Crippen LogP contribution in [-0.2, 0) is 4.79 Å². The Morgan fingerprint density at radius 2 is 1.92 bits per heavy atom. The summed E-state index contributed by atoms with van der Waals surface area (Å²) in [5.74, 6) is 0.952. The van der Waals surface area contributed by atoms with Crippen LogP contribution < -0.4 is 14.8 Å². The molecule has 0 fully saturated rings. The summed E-state index contributed by atoms with van der Waals surface area (Å²) in [6, 6.07) is 15.2. The number of benzene rings is 2. The van der Waals surface area contributed by atoms with Crippen molar-refractivity contribution >= 4 is 38.3 Å². The van der Waals surface area contributed by atoms with E-state index in [0.717, 1.165) is 15.7 Å². The molecule has 0 aliphatic carbocycles. The van der Waals surface area contributed by atoms with Gasteiger partial charge in [0, 0.05) is 15.4 Å². The maximum atomic E-state index is 12.4. The van der Waals surface area contributed by atoms with Crippen molar-refractivity contribution in [2.75, 3.05) is 11.9 Å². The van der Waals surface area contributed by atoms with Crippen LogP contribution in [0.25, 0.3) is 11.3 Å². The number of nitrogens with zero attached hydrogens (tertiary/aromatic N) is 1. The Kier molecular flexibility index (Phi) is 4.42. The highest BCUT2D eigenvalue weighted by Gasteiger charge is 2.27. The highest BCUT2D eigenvalue weighted by Crippen LogP contribution is 2.31. The van der Waals surface area contributed by atoms with Crippen LogP contribution in [0.15, 0.2) is 58.4 Å². The van der Waals surface area contributed by atoms with Crippen molar-refractivity contribution in [3.05, 3.63) is 58.4 Å². The van der Waals surface area contributed by atoms with Gasteiger partial charge in [0.15, 0.2) is 16.6 Å². The van der Waals surface area contributed by atoms with E-state index < -0.39 is 6.10 Å². The van der Waals surface area contributed by atoms with Crippen molar-refractivity contribution in [3.63, 3.8) is 0 Å². The molecule has 3 aromatic rings. The molecule has 0 bridgehead atoms. The van der Waals surface area contributed by atoms with E-state index in [2.05, 4.69) is 26.2 Å². The smallest absolute Gasteiger partial charge is 0.270 e. The van der Waals surface area contributed by atoms with Crippen molar-refractivity contribution in [2.45, 2.75) is 6.10 Å². The van der Waals surface area contributed by atoms with E-state index in [0.29, 0.717) is 16.6 Å². The van der Waals surface area contributed by atoms with Crippen LogP contribution in [0.4, 0.5) is 5.13 Å². The largest absolute Gasteiger partial charge is 0.485 e. The molecular weight excluding hydrogens is 404 g/mol. The lowest BCUT2D eigenvalue weighted by molar-refractivity contribution is -0.125. The number of carbonyl (C=O) groups is 1. The minimum Gasteiger partial charge on any atom is -0.485 e. The molecule has 2 heterocycles. The van der Waals surface area contributed by atoms with Crippen molar-refractivity contribution in [1.82, 2.24) is 4.98 Å². The van der Waals surface area contributed by atoms with E-state index in [1.165, 1.54) is 11.3 Å². The molecule has 1 atom stereocenters. The highest BCUT2D eigenvalue weighted by molar-refractivity contribution is 9.10. The number of ether oxygens (including phenoxy) is 2. The first-order chi connectivity index (χ1) is 12.2. The topological polar surface area (TPSA) is 60.5 Å². The number of para-hydroxylation sites is 2. The average Bonchev–Trinajstić information content (AvgIpc) is 3.10. The number of hydrogen-bond donors (Lipinski definition) is 1. The minimum atomic E-state index is -0.699. The van der Waals surface area contributed by atoms with Crippen LogP contribution in [0.1, 0.15) is 0 Å². The first-order valence-electron chi connectivity index (χ1n) is 7.60.